The van der Waals surface area contributed by atoms with E-state index >= 15 is 0 Å². The molecule has 0 aliphatic carbocycles. The number of halogens is 1. The normalized spacial score (nSPS) is 11.5. The number of aliphatic carboxylic acids is 1. The molecule has 7 nitrogen and oxygen atoms in total. The minimum Gasteiger partial charge on any atom is -0.480 e. The second kappa shape index (κ2) is 7.95. The lowest BCUT2D eigenvalue weighted by atomic mass is 10.2. The molecular weight excluding hydrogens is 283 g/mol. The molecule has 1 rings (SSSR count). The Kier molecular flexibility index (Phi) is 6.28. The summed E-state index contributed by atoms with van der Waals surface area (Å²) in [6.45, 7) is -0.850. The van der Waals surface area contributed by atoms with Crippen LogP contribution in [0.15, 0.2) is 24.3 Å². The van der Waals surface area contributed by atoms with Crippen molar-refractivity contribution in [3.8, 4) is 0 Å². The SMILES string of the molecule is O=C(CNC(=O)c1cccc(F)c1)N[C@@H](CCO)C(=O)O. The third-order valence-electron chi connectivity index (χ3n) is 2.55. The Labute approximate surface area is 119 Å². The molecule has 0 saturated heterocycles. The van der Waals surface area contributed by atoms with E-state index in [4.69, 9.17) is 10.2 Å². The lowest BCUT2D eigenvalue weighted by Crippen LogP contribution is -2.45. The molecule has 0 radical (unpaired) electrons. The average molecular weight is 298 g/mol. The van der Waals surface area contributed by atoms with Crippen molar-refractivity contribution in [3.63, 3.8) is 0 Å². The summed E-state index contributed by atoms with van der Waals surface area (Å²) in [5.41, 5.74) is 0.0490. The Bertz CT molecular complexity index is 535. The van der Waals surface area contributed by atoms with Crippen molar-refractivity contribution in [2.75, 3.05) is 13.2 Å². The van der Waals surface area contributed by atoms with E-state index in [0.717, 1.165) is 6.07 Å². The van der Waals surface area contributed by atoms with Crippen molar-refractivity contribution in [1.82, 2.24) is 10.6 Å². The first-order valence-corrected chi connectivity index (χ1v) is 6.11. The van der Waals surface area contributed by atoms with Crippen molar-refractivity contribution in [1.29, 1.82) is 0 Å². The molecule has 0 bridgehead atoms. The first kappa shape index (κ1) is 16.6. The number of benzene rings is 1. The van der Waals surface area contributed by atoms with Crippen LogP contribution in [-0.2, 0) is 9.59 Å². The highest BCUT2D eigenvalue weighted by Gasteiger charge is 2.19. The Morgan fingerprint density at radius 2 is 2.00 bits per heavy atom. The van der Waals surface area contributed by atoms with Crippen LogP contribution in [0.2, 0.25) is 0 Å². The summed E-state index contributed by atoms with van der Waals surface area (Å²) in [6.07, 6.45) is -0.140. The summed E-state index contributed by atoms with van der Waals surface area (Å²) in [6, 6.07) is 3.69. The smallest absolute Gasteiger partial charge is 0.326 e. The molecule has 2 amide bonds. The van der Waals surface area contributed by atoms with Gasteiger partial charge in [-0.15, -0.1) is 0 Å². The van der Waals surface area contributed by atoms with E-state index in [0.29, 0.717) is 0 Å². The molecule has 1 atom stereocenters. The molecule has 0 aromatic heterocycles. The van der Waals surface area contributed by atoms with Gasteiger partial charge in [0.2, 0.25) is 5.91 Å². The Morgan fingerprint density at radius 1 is 1.29 bits per heavy atom. The fourth-order valence-corrected chi connectivity index (χ4v) is 1.52. The zero-order valence-corrected chi connectivity index (χ0v) is 11.0. The molecule has 0 saturated carbocycles. The highest BCUT2D eigenvalue weighted by molar-refractivity contribution is 5.96. The van der Waals surface area contributed by atoms with Gasteiger partial charge in [0.1, 0.15) is 11.9 Å². The number of carbonyl (C=O) groups excluding carboxylic acids is 2. The van der Waals surface area contributed by atoms with Crippen molar-refractivity contribution in [2.45, 2.75) is 12.5 Å². The second-order valence-corrected chi connectivity index (χ2v) is 4.16. The largest absolute Gasteiger partial charge is 0.480 e. The molecule has 0 aliphatic rings. The van der Waals surface area contributed by atoms with Gasteiger partial charge in [-0.25, -0.2) is 9.18 Å². The number of aliphatic hydroxyl groups is 1. The summed E-state index contributed by atoms with van der Waals surface area (Å²) in [5, 5.41) is 21.8. The van der Waals surface area contributed by atoms with E-state index in [1.54, 1.807) is 0 Å². The summed E-state index contributed by atoms with van der Waals surface area (Å²) in [5.74, 6) is -3.24. The number of hydrogen-bond acceptors (Lipinski definition) is 4. The highest BCUT2D eigenvalue weighted by Crippen LogP contribution is 2.02. The summed E-state index contributed by atoms with van der Waals surface area (Å²) < 4.78 is 12.9. The van der Waals surface area contributed by atoms with E-state index in [1.807, 2.05) is 0 Å². The van der Waals surface area contributed by atoms with Crippen LogP contribution < -0.4 is 10.6 Å². The van der Waals surface area contributed by atoms with Crippen molar-refractivity contribution < 1.29 is 29.0 Å². The zero-order chi connectivity index (χ0) is 15.8. The predicted molar refractivity (Wildman–Crippen MR) is 70.0 cm³/mol. The number of amides is 2. The Hall–Kier alpha value is -2.48. The van der Waals surface area contributed by atoms with Crippen molar-refractivity contribution in [2.24, 2.45) is 0 Å². The third kappa shape index (κ3) is 5.57. The topological polar surface area (TPSA) is 116 Å². The molecule has 4 N–H and O–H groups in total. The molecule has 0 spiro atoms. The number of nitrogens with one attached hydrogen (secondary N) is 2. The number of carbonyl (C=O) groups is 3. The number of hydrogen-bond donors (Lipinski definition) is 4. The Morgan fingerprint density at radius 3 is 2.57 bits per heavy atom. The van der Waals surface area contributed by atoms with E-state index in [2.05, 4.69) is 10.6 Å². The van der Waals surface area contributed by atoms with E-state index in [9.17, 15) is 18.8 Å². The minimum atomic E-state index is -1.28. The van der Waals surface area contributed by atoms with Crippen molar-refractivity contribution >= 4 is 17.8 Å². The standard InChI is InChI=1S/C13H15FN2O5/c14-9-3-1-2-8(6-9)12(19)15-7-11(18)16-10(4-5-17)13(20)21/h1-3,6,10,17H,4-5,7H2,(H,15,19)(H,16,18)(H,20,21)/t10-/m0/s1. The number of rotatable bonds is 7. The first-order valence-electron chi connectivity index (χ1n) is 6.11. The molecule has 0 aliphatic heterocycles. The van der Waals surface area contributed by atoms with Crippen LogP contribution in [0.3, 0.4) is 0 Å². The van der Waals surface area contributed by atoms with E-state index < -0.39 is 42.8 Å². The van der Waals surface area contributed by atoms with E-state index in [1.165, 1.54) is 18.2 Å². The average Bonchev–Trinajstić information content (AvgIpc) is 2.44. The first-order chi connectivity index (χ1) is 9.93. The molecule has 114 valence electrons. The van der Waals surface area contributed by atoms with Gasteiger partial charge in [-0.2, -0.15) is 0 Å². The molecule has 1 aromatic rings. The zero-order valence-electron chi connectivity index (χ0n) is 11.0. The summed E-state index contributed by atoms with van der Waals surface area (Å²) in [4.78, 5) is 33.9. The van der Waals surface area contributed by atoms with Gasteiger partial charge in [-0.05, 0) is 18.2 Å². The number of aliphatic hydroxyl groups excluding tert-OH is 1. The minimum absolute atomic E-state index is 0.0490. The van der Waals surface area contributed by atoms with Gasteiger partial charge in [0, 0.05) is 18.6 Å². The van der Waals surface area contributed by atoms with Gasteiger partial charge in [0.05, 0.1) is 6.54 Å². The maximum absolute atomic E-state index is 12.9. The van der Waals surface area contributed by atoms with Crippen LogP contribution in [0.25, 0.3) is 0 Å². The van der Waals surface area contributed by atoms with Crippen LogP contribution >= 0.6 is 0 Å². The Balaban J connectivity index is 2.49. The molecule has 8 heteroatoms. The molecular formula is C13H15FN2O5. The summed E-state index contributed by atoms with van der Waals surface area (Å²) >= 11 is 0. The molecule has 0 fully saturated rings. The third-order valence-corrected chi connectivity index (χ3v) is 2.55. The molecule has 21 heavy (non-hydrogen) atoms. The van der Waals surface area contributed by atoms with E-state index in [-0.39, 0.29) is 12.0 Å². The lowest BCUT2D eigenvalue weighted by molar-refractivity contribution is -0.142. The molecule has 1 aromatic carbocycles. The maximum Gasteiger partial charge on any atom is 0.326 e. The number of carboxylic acids is 1. The van der Waals surface area contributed by atoms with Gasteiger partial charge < -0.3 is 20.8 Å². The predicted octanol–water partition coefficient (Wildman–Crippen LogP) is -0.493. The monoisotopic (exact) mass is 298 g/mol. The maximum atomic E-state index is 12.9. The van der Waals surface area contributed by atoms with Gasteiger partial charge >= 0.3 is 5.97 Å². The van der Waals surface area contributed by atoms with Gasteiger partial charge in [0.25, 0.3) is 5.91 Å². The van der Waals surface area contributed by atoms with Gasteiger partial charge in [0.15, 0.2) is 0 Å². The van der Waals surface area contributed by atoms with Crippen LogP contribution in [-0.4, -0.2) is 47.2 Å². The van der Waals surface area contributed by atoms with Crippen LogP contribution in [0.1, 0.15) is 16.8 Å². The van der Waals surface area contributed by atoms with Crippen LogP contribution in [0, 0.1) is 5.82 Å². The lowest BCUT2D eigenvalue weighted by Gasteiger charge is -2.13. The van der Waals surface area contributed by atoms with Crippen LogP contribution in [0.4, 0.5) is 4.39 Å². The molecule has 0 heterocycles. The quantitative estimate of drug-likeness (QED) is 0.542. The highest BCUT2D eigenvalue weighted by atomic mass is 19.1. The molecule has 0 unspecified atom stereocenters. The fraction of sp³-hybridized carbons (Fsp3) is 0.308. The van der Waals surface area contributed by atoms with Gasteiger partial charge in [-0.3, -0.25) is 9.59 Å². The fourth-order valence-electron chi connectivity index (χ4n) is 1.52. The van der Waals surface area contributed by atoms with Crippen LogP contribution in [0.5, 0.6) is 0 Å². The second-order valence-electron chi connectivity index (χ2n) is 4.16. The number of carboxylic acid groups (broad SMARTS) is 1. The van der Waals surface area contributed by atoms with Crippen molar-refractivity contribution in [3.05, 3.63) is 35.6 Å². The summed E-state index contributed by atoms with van der Waals surface area (Å²) in [7, 11) is 0. The van der Waals surface area contributed by atoms with Gasteiger partial charge in [-0.1, -0.05) is 6.07 Å².